The molecular weight excluding hydrogens is 297 g/mol. The molecule has 2 heteroatoms. The fourth-order valence-corrected chi connectivity index (χ4v) is 2.44. The standard InChI is InChI=1S/C13H21IN/c1-4-5-9-12(14)13(2,3)15-10-7-6-8-11-15/h6-8,10-12H,4-5,9H2,1-3H3/q+1. The summed E-state index contributed by atoms with van der Waals surface area (Å²) in [4.78, 5) is 0. The average Bonchev–Trinajstić information content (AvgIpc) is 2.27. The topological polar surface area (TPSA) is 3.88 Å². The lowest BCUT2D eigenvalue weighted by molar-refractivity contribution is -0.756. The molecule has 0 bridgehead atoms. The van der Waals surface area contributed by atoms with Crippen LogP contribution in [0.15, 0.2) is 30.6 Å². The number of nitrogens with zero attached hydrogens (tertiary/aromatic N) is 1. The molecule has 0 aliphatic rings. The number of aromatic nitrogens is 1. The van der Waals surface area contributed by atoms with E-state index in [-0.39, 0.29) is 5.54 Å². The second-order valence-corrected chi connectivity index (χ2v) is 6.05. The predicted molar refractivity (Wildman–Crippen MR) is 73.3 cm³/mol. The van der Waals surface area contributed by atoms with Crippen LogP contribution in [0.3, 0.4) is 0 Å². The van der Waals surface area contributed by atoms with Crippen molar-refractivity contribution in [2.75, 3.05) is 0 Å². The van der Waals surface area contributed by atoms with E-state index in [1.54, 1.807) is 0 Å². The first-order valence-electron chi connectivity index (χ1n) is 5.70. The highest BCUT2D eigenvalue weighted by Crippen LogP contribution is 2.25. The Morgan fingerprint density at radius 3 is 2.33 bits per heavy atom. The summed E-state index contributed by atoms with van der Waals surface area (Å²) in [6.45, 7) is 6.89. The molecule has 1 aromatic heterocycles. The number of rotatable bonds is 5. The lowest BCUT2D eigenvalue weighted by atomic mass is 9.96. The van der Waals surface area contributed by atoms with Gasteiger partial charge in [0.25, 0.3) is 0 Å². The molecule has 0 aliphatic carbocycles. The molecule has 1 heterocycles. The van der Waals surface area contributed by atoms with Gasteiger partial charge in [0.15, 0.2) is 17.9 Å². The van der Waals surface area contributed by atoms with E-state index in [4.69, 9.17) is 0 Å². The van der Waals surface area contributed by atoms with Crippen molar-refractivity contribution in [3.05, 3.63) is 30.6 Å². The molecule has 0 saturated heterocycles. The summed E-state index contributed by atoms with van der Waals surface area (Å²) < 4.78 is 3.00. The molecule has 0 aliphatic heterocycles. The summed E-state index contributed by atoms with van der Waals surface area (Å²) in [6.07, 6.45) is 8.24. The van der Waals surface area contributed by atoms with Gasteiger partial charge >= 0.3 is 0 Å². The van der Waals surface area contributed by atoms with E-state index >= 15 is 0 Å². The Balaban J connectivity index is 2.73. The van der Waals surface area contributed by atoms with Crippen LogP contribution in [-0.2, 0) is 5.54 Å². The van der Waals surface area contributed by atoms with E-state index in [0.717, 1.165) is 0 Å². The Morgan fingerprint density at radius 1 is 1.20 bits per heavy atom. The molecule has 0 aromatic carbocycles. The highest BCUT2D eigenvalue weighted by atomic mass is 127. The van der Waals surface area contributed by atoms with Crippen molar-refractivity contribution < 1.29 is 4.57 Å². The summed E-state index contributed by atoms with van der Waals surface area (Å²) in [5.41, 5.74) is 0.205. The zero-order valence-electron chi connectivity index (χ0n) is 9.91. The Morgan fingerprint density at radius 2 is 1.80 bits per heavy atom. The molecule has 0 fully saturated rings. The third-order valence-corrected chi connectivity index (χ3v) is 5.11. The highest BCUT2D eigenvalue weighted by Gasteiger charge is 2.35. The summed E-state index contributed by atoms with van der Waals surface area (Å²) in [7, 11) is 0. The van der Waals surface area contributed by atoms with Gasteiger partial charge < -0.3 is 0 Å². The third kappa shape index (κ3) is 3.44. The van der Waals surface area contributed by atoms with Gasteiger partial charge in [0.2, 0.25) is 0 Å². The van der Waals surface area contributed by atoms with Crippen molar-refractivity contribution in [3.63, 3.8) is 0 Å². The molecule has 1 nitrogen and oxygen atoms in total. The molecule has 84 valence electrons. The van der Waals surface area contributed by atoms with Crippen LogP contribution in [0.2, 0.25) is 0 Å². The molecule has 1 aromatic rings. The molecule has 0 amide bonds. The van der Waals surface area contributed by atoms with Gasteiger partial charge in [-0.25, -0.2) is 0 Å². The van der Waals surface area contributed by atoms with Gasteiger partial charge in [-0.2, -0.15) is 4.57 Å². The Bertz CT molecular complexity index is 282. The number of alkyl halides is 1. The van der Waals surface area contributed by atoms with Crippen LogP contribution in [0.5, 0.6) is 0 Å². The Kier molecular flexibility index (Phi) is 5.03. The van der Waals surface area contributed by atoms with Gasteiger partial charge in [-0.15, -0.1) is 0 Å². The number of halogens is 1. The lowest BCUT2D eigenvalue weighted by Crippen LogP contribution is -2.56. The van der Waals surface area contributed by atoms with Gasteiger partial charge in [-0.1, -0.05) is 48.4 Å². The first-order chi connectivity index (χ1) is 7.09. The van der Waals surface area contributed by atoms with E-state index in [1.165, 1.54) is 19.3 Å². The minimum Gasteiger partial charge on any atom is -0.199 e. The van der Waals surface area contributed by atoms with Crippen LogP contribution in [0.1, 0.15) is 40.0 Å². The van der Waals surface area contributed by atoms with Gasteiger partial charge in [0.05, 0.1) is 3.92 Å². The molecule has 0 spiro atoms. The molecular formula is C13H21IN+. The minimum absolute atomic E-state index is 0.205. The minimum atomic E-state index is 0.205. The van der Waals surface area contributed by atoms with Crippen LogP contribution in [-0.4, -0.2) is 3.92 Å². The number of hydrogen-bond acceptors (Lipinski definition) is 0. The van der Waals surface area contributed by atoms with Crippen LogP contribution in [0, 0.1) is 0 Å². The quantitative estimate of drug-likeness (QED) is 0.443. The number of unbranched alkanes of at least 4 members (excludes halogenated alkanes) is 1. The maximum absolute atomic E-state index is 2.59. The zero-order chi connectivity index (χ0) is 11.3. The summed E-state index contributed by atoms with van der Waals surface area (Å²) >= 11 is 2.59. The third-order valence-electron chi connectivity index (χ3n) is 2.96. The predicted octanol–water partition coefficient (Wildman–Crippen LogP) is 3.70. The first-order valence-corrected chi connectivity index (χ1v) is 6.94. The molecule has 0 saturated carbocycles. The van der Waals surface area contributed by atoms with Gasteiger partial charge in [-0.3, -0.25) is 0 Å². The van der Waals surface area contributed by atoms with E-state index in [2.05, 4.69) is 78.5 Å². The van der Waals surface area contributed by atoms with Crippen LogP contribution in [0.4, 0.5) is 0 Å². The fourth-order valence-electron chi connectivity index (χ4n) is 1.68. The lowest BCUT2D eigenvalue weighted by Gasteiger charge is -2.25. The van der Waals surface area contributed by atoms with E-state index in [1.807, 2.05) is 0 Å². The summed E-state index contributed by atoms with van der Waals surface area (Å²) in [5, 5.41) is 0. The monoisotopic (exact) mass is 318 g/mol. The Hall–Kier alpha value is -0.120. The number of pyridine rings is 1. The van der Waals surface area contributed by atoms with E-state index < -0.39 is 0 Å². The molecule has 1 unspecified atom stereocenters. The van der Waals surface area contributed by atoms with Crippen molar-refractivity contribution in [1.29, 1.82) is 0 Å². The van der Waals surface area contributed by atoms with Crippen molar-refractivity contribution in [2.24, 2.45) is 0 Å². The van der Waals surface area contributed by atoms with Gasteiger partial charge in [0, 0.05) is 26.0 Å². The van der Waals surface area contributed by atoms with Crippen molar-refractivity contribution in [1.82, 2.24) is 0 Å². The SMILES string of the molecule is CCCCC(I)C(C)(C)[n+]1ccccc1. The fraction of sp³-hybridized carbons (Fsp3) is 0.615. The Labute approximate surface area is 107 Å². The van der Waals surface area contributed by atoms with E-state index in [0.29, 0.717) is 3.92 Å². The smallest absolute Gasteiger partial charge is 0.174 e. The molecule has 15 heavy (non-hydrogen) atoms. The van der Waals surface area contributed by atoms with Crippen LogP contribution >= 0.6 is 22.6 Å². The zero-order valence-corrected chi connectivity index (χ0v) is 12.1. The highest BCUT2D eigenvalue weighted by molar-refractivity contribution is 14.1. The maximum Gasteiger partial charge on any atom is 0.174 e. The second kappa shape index (κ2) is 5.83. The molecule has 1 atom stereocenters. The first kappa shape index (κ1) is 12.9. The van der Waals surface area contributed by atoms with Crippen molar-refractivity contribution in [3.8, 4) is 0 Å². The summed E-state index contributed by atoms with van der Waals surface area (Å²) in [5.74, 6) is 0. The number of hydrogen-bond donors (Lipinski definition) is 0. The molecule has 1 rings (SSSR count). The largest absolute Gasteiger partial charge is 0.199 e. The normalized spacial score (nSPS) is 13.9. The molecule has 0 N–H and O–H groups in total. The van der Waals surface area contributed by atoms with Gasteiger partial charge in [0.1, 0.15) is 0 Å². The van der Waals surface area contributed by atoms with Gasteiger partial charge in [-0.05, 0) is 6.42 Å². The van der Waals surface area contributed by atoms with Crippen LogP contribution < -0.4 is 4.57 Å². The van der Waals surface area contributed by atoms with Crippen molar-refractivity contribution >= 4 is 22.6 Å². The average molecular weight is 318 g/mol. The maximum atomic E-state index is 2.59. The van der Waals surface area contributed by atoms with E-state index in [9.17, 15) is 0 Å². The summed E-state index contributed by atoms with van der Waals surface area (Å²) in [6, 6.07) is 6.27. The second-order valence-electron chi connectivity index (χ2n) is 4.55. The van der Waals surface area contributed by atoms with Crippen LogP contribution in [0.25, 0.3) is 0 Å². The van der Waals surface area contributed by atoms with Crippen molar-refractivity contribution in [2.45, 2.75) is 49.5 Å². The molecule has 0 radical (unpaired) electrons.